The number of unbranched alkanes of at least 4 members (excludes halogenated alkanes) is 1. The minimum atomic E-state index is -3.16. The maximum atomic E-state index is 16.7. The summed E-state index contributed by atoms with van der Waals surface area (Å²) >= 11 is 0. The van der Waals surface area contributed by atoms with Gasteiger partial charge in [-0.2, -0.15) is 0 Å². The Balaban J connectivity index is 2.79. The number of aliphatic hydroxyl groups is 1. The Labute approximate surface area is 298 Å². The molecule has 0 aliphatic carbocycles. The van der Waals surface area contributed by atoms with Crippen molar-refractivity contribution in [2.24, 2.45) is 23.5 Å². The van der Waals surface area contributed by atoms with E-state index in [0.29, 0.717) is 25.8 Å². The maximum absolute atomic E-state index is 16.7. The average Bonchev–Trinajstić information content (AvgIpc) is 3.32. The highest BCUT2D eigenvalue weighted by Gasteiger charge is 2.61. The van der Waals surface area contributed by atoms with Crippen molar-refractivity contribution in [3.05, 3.63) is 0 Å². The number of hydrogen-bond donors (Lipinski definition) is 2. The third-order valence-electron chi connectivity index (χ3n) is 10.8. The Morgan fingerprint density at radius 2 is 1.68 bits per heavy atom. The summed E-state index contributed by atoms with van der Waals surface area (Å²) in [4.78, 5) is 59.0. The van der Waals surface area contributed by atoms with E-state index in [0.717, 1.165) is 6.92 Å². The highest BCUT2D eigenvalue weighted by molar-refractivity contribution is 6.07. The summed E-state index contributed by atoms with van der Waals surface area (Å²) in [6, 6.07) is -1.30. The van der Waals surface area contributed by atoms with Crippen LogP contribution in [-0.2, 0) is 38.1 Å². The Kier molecular flexibility index (Phi) is 15.8. The predicted molar refractivity (Wildman–Crippen MR) is 185 cm³/mol. The monoisotopic (exact) mass is 717 g/mol. The standard InChI is InChI=1S/C36H64FN3O10/c1-13-24(39(10)11)27(42)31(47-15-3)49-30-23(6)29(43)35(8,37)32(44)48-25(14-2)36(9)28(40(33(45)50-36)19-17-16-18-38)22(5)26(41)21(4)20-34(30,7)46-12/h21-25,27-28,30-31,42H,13-20,38H2,1-12H3/t21-,22+,23+,24?,25-,27?,28-,30-,31+,34-,35+,36-/m1/s1. The minimum Gasteiger partial charge on any atom is -0.455 e. The van der Waals surface area contributed by atoms with Gasteiger partial charge in [0.2, 0.25) is 0 Å². The van der Waals surface area contributed by atoms with Gasteiger partial charge in [0, 0.05) is 44.1 Å². The second-order valence-corrected chi connectivity index (χ2v) is 14.8. The molecule has 14 heteroatoms. The maximum Gasteiger partial charge on any atom is 0.410 e. The number of fused-ring (bicyclic) bond motifs is 1. The molecule has 2 fully saturated rings. The van der Waals surface area contributed by atoms with Gasteiger partial charge < -0.3 is 44.3 Å². The number of cyclic esters (lactones) is 1. The Bertz CT molecular complexity index is 1170. The van der Waals surface area contributed by atoms with Gasteiger partial charge in [0.15, 0.2) is 17.7 Å². The number of esters is 1. The van der Waals surface area contributed by atoms with E-state index in [1.807, 2.05) is 11.8 Å². The molecule has 0 spiro atoms. The van der Waals surface area contributed by atoms with Crippen LogP contribution in [0.4, 0.5) is 9.18 Å². The zero-order valence-electron chi connectivity index (χ0n) is 32.3. The van der Waals surface area contributed by atoms with E-state index in [1.54, 1.807) is 55.6 Å². The number of carbonyl (C=O) groups is 4. The first kappa shape index (κ1) is 43.9. The number of ketones is 2. The Morgan fingerprint density at radius 1 is 1.06 bits per heavy atom. The van der Waals surface area contributed by atoms with E-state index < -0.39 is 89.2 Å². The molecule has 2 heterocycles. The quantitative estimate of drug-likeness (QED) is 0.116. The largest absolute Gasteiger partial charge is 0.455 e. The van der Waals surface area contributed by atoms with Crippen LogP contribution in [0.1, 0.15) is 94.4 Å². The van der Waals surface area contributed by atoms with Gasteiger partial charge in [-0.1, -0.05) is 34.6 Å². The zero-order valence-corrected chi connectivity index (χ0v) is 32.3. The number of ether oxygens (including phenoxy) is 5. The molecule has 0 bridgehead atoms. The summed E-state index contributed by atoms with van der Waals surface area (Å²) in [6.07, 6.45) is -3.86. The van der Waals surface area contributed by atoms with Crippen LogP contribution in [0.2, 0.25) is 0 Å². The van der Waals surface area contributed by atoms with Crippen molar-refractivity contribution in [2.75, 3.05) is 40.9 Å². The molecule has 0 saturated carbocycles. The van der Waals surface area contributed by atoms with Crippen molar-refractivity contribution < 1.29 is 52.4 Å². The van der Waals surface area contributed by atoms with Crippen molar-refractivity contribution in [1.82, 2.24) is 9.80 Å². The lowest BCUT2D eigenvalue weighted by Crippen LogP contribution is -2.61. The van der Waals surface area contributed by atoms with Crippen LogP contribution in [0.3, 0.4) is 0 Å². The minimum absolute atomic E-state index is 0.00481. The first-order valence-corrected chi connectivity index (χ1v) is 18.1. The molecule has 50 heavy (non-hydrogen) atoms. The number of aliphatic hydroxyl groups excluding tert-OH is 1. The van der Waals surface area contributed by atoms with Crippen LogP contribution in [-0.4, -0.2) is 133 Å². The summed E-state index contributed by atoms with van der Waals surface area (Å²) in [5.74, 6) is -5.73. The number of alkyl halides is 1. The van der Waals surface area contributed by atoms with Crippen molar-refractivity contribution >= 4 is 23.6 Å². The fraction of sp³-hybridized carbons (Fsp3) is 0.889. The predicted octanol–water partition coefficient (Wildman–Crippen LogP) is 3.66. The molecule has 3 N–H and O–H groups in total. The number of Topliss-reactive ketones (excluding diaryl/α,β-unsaturated/α-hetero) is 2. The summed E-state index contributed by atoms with van der Waals surface area (Å²) < 4.78 is 46.8. The van der Waals surface area contributed by atoms with Crippen LogP contribution < -0.4 is 5.73 Å². The Hall–Kier alpha value is -2.23. The van der Waals surface area contributed by atoms with E-state index >= 15 is 4.39 Å². The van der Waals surface area contributed by atoms with Crippen LogP contribution in [0.15, 0.2) is 0 Å². The number of amides is 1. The van der Waals surface area contributed by atoms with Crippen molar-refractivity contribution in [2.45, 2.75) is 148 Å². The van der Waals surface area contributed by atoms with Gasteiger partial charge in [0.25, 0.3) is 5.67 Å². The summed E-state index contributed by atoms with van der Waals surface area (Å²) in [5, 5.41) is 11.5. The number of carbonyl (C=O) groups excluding carboxylic acids is 4. The fourth-order valence-corrected chi connectivity index (χ4v) is 7.96. The molecule has 13 nitrogen and oxygen atoms in total. The molecule has 0 aromatic carbocycles. The van der Waals surface area contributed by atoms with Crippen LogP contribution in [0.25, 0.3) is 0 Å². The first-order chi connectivity index (χ1) is 23.2. The van der Waals surface area contributed by atoms with E-state index in [4.69, 9.17) is 29.4 Å². The number of nitrogens with two attached hydrogens (primary N) is 1. The molecule has 2 unspecified atom stereocenters. The number of halogens is 1. The van der Waals surface area contributed by atoms with Gasteiger partial charge >= 0.3 is 12.1 Å². The van der Waals surface area contributed by atoms with Gasteiger partial charge in [-0.05, 0) is 80.4 Å². The number of rotatable bonds is 14. The van der Waals surface area contributed by atoms with Gasteiger partial charge in [0.1, 0.15) is 18.0 Å². The van der Waals surface area contributed by atoms with Crippen molar-refractivity contribution in [3.63, 3.8) is 0 Å². The molecule has 12 atom stereocenters. The van der Waals surface area contributed by atoms with Gasteiger partial charge in [-0.3, -0.25) is 9.59 Å². The molecule has 2 aliphatic heterocycles. The van der Waals surface area contributed by atoms with Crippen LogP contribution >= 0.6 is 0 Å². The molecule has 1 amide bonds. The topological polar surface area (TPSA) is 167 Å². The highest BCUT2D eigenvalue weighted by Crippen LogP contribution is 2.43. The van der Waals surface area contributed by atoms with Crippen LogP contribution in [0.5, 0.6) is 0 Å². The third-order valence-corrected chi connectivity index (χ3v) is 10.8. The third kappa shape index (κ3) is 9.03. The number of hydrogen-bond acceptors (Lipinski definition) is 12. The molecule has 290 valence electrons. The zero-order chi connectivity index (χ0) is 38.4. The second kappa shape index (κ2) is 18.0. The summed E-state index contributed by atoms with van der Waals surface area (Å²) in [6.45, 7) is 15.0. The average molecular weight is 718 g/mol. The molecule has 2 aliphatic rings. The molecule has 0 aromatic heterocycles. The summed E-state index contributed by atoms with van der Waals surface area (Å²) in [5.41, 5.74) is -0.439. The lowest BCUT2D eigenvalue weighted by atomic mass is 9.73. The van der Waals surface area contributed by atoms with E-state index in [-0.39, 0.29) is 31.8 Å². The lowest BCUT2D eigenvalue weighted by molar-refractivity contribution is -0.266. The van der Waals surface area contributed by atoms with Gasteiger partial charge in [-0.15, -0.1) is 0 Å². The lowest BCUT2D eigenvalue weighted by Gasteiger charge is -2.45. The molecular formula is C36H64FN3O10. The molecule has 0 radical (unpaired) electrons. The first-order valence-electron chi connectivity index (χ1n) is 18.1. The van der Waals surface area contributed by atoms with Gasteiger partial charge in [0.05, 0.1) is 17.7 Å². The molecule has 2 rings (SSSR count). The van der Waals surface area contributed by atoms with E-state index in [2.05, 4.69) is 0 Å². The number of likely N-dealkylation sites (N-methyl/N-ethyl adjacent to an activating group) is 1. The SMILES string of the molecule is CCO[C@@H](O[C@@H]1[C@@H](C)C(=O)[C@](C)(F)C(=O)O[C@H](CC)[C@@]2(C)OC(=O)N(CCCCN)[C@@H]2[C@@H](C)C(=O)[C@H](C)C[C@@]1(C)OC)C(O)C(CC)N(C)C. The van der Waals surface area contributed by atoms with Crippen LogP contribution in [0, 0.1) is 17.8 Å². The van der Waals surface area contributed by atoms with E-state index in [1.165, 1.54) is 18.9 Å². The fourth-order valence-electron chi connectivity index (χ4n) is 7.96. The highest BCUT2D eigenvalue weighted by atomic mass is 19.1. The molecule has 2 saturated heterocycles. The number of methoxy groups -OCH3 is 1. The van der Waals surface area contributed by atoms with E-state index in [9.17, 15) is 24.3 Å². The van der Waals surface area contributed by atoms with Gasteiger partial charge in [-0.25, -0.2) is 14.0 Å². The summed E-state index contributed by atoms with van der Waals surface area (Å²) in [7, 11) is 5.00. The Morgan fingerprint density at radius 3 is 2.18 bits per heavy atom. The van der Waals surface area contributed by atoms with Crippen molar-refractivity contribution in [3.8, 4) is 0 Å². The molecule has 0 aromatic rings. The molecular weight excluding hydrogens is 653 g/mol. The smallest absolute Gasteiger partial charge is 0.410 e. The normalized spacial score (nSPS) is 36.4. The number of nitrogens with zero attached hydrogens (tertiary/aromatic N) is 2. The van der Waals surface area contributed by atoms with Crippen molar-refractivity contribution in [1.29, 1.82) is 0 Å². The second-order valence-electron chi connectivity index (χ2n) is 14.8.